The maximum Gasteiger partial charge on any atom is 0.276 e. The van der Waals surface area contributed by atoms with Crippen LogP contribution in [-0.4, -0.2) is 27.4 Å². The zero-order valence-electron chi connectivity index (χ0n) is 15.2. The monoisotopic (exact) mass is 401 g/mol. The topological polar surface area (TPSA) is 97.9 Å². The highest BCUT2D eigenvalue weighted by molar-refractivity contribution is 7.80. The van der Waals surface area contributed by atoms with Crippen LogP contribution in [0.3, 0.4) is 0 Å². The molecule has 1 saturated heterocycles. The molecule has 0 saturated carbocycles. The molecule has 2 aromatic rings. The van der Waals surface area contributed by atoms with Crippen molar-refractivity contribution in [2.75, 3.05) is 6.54 Å². The molecular weight excluding hydrogens is 382 g/mol. The zero-order chi connectivity index (χ0) is 20.1. The number of carbonyl (C=O) groups excluding carboxylic acids is 1. The van der Waals surface area contributed by atoms with Crippen molar-refractivity contribution < 1.29 is 18.9 Å². The van der Waals surface area contributed by atoms with Crippen LogP contribution in [-0.2, 0) is 11.4 Å². The number of amides is 1. The van der Waals surface area contributed by atoms with Crippen molar-refractivity contribution >= 4 is 35.0 Å². The summed E-state index contributed by atoms with van der Waals surface area (Å²) >= 11 is 5.21. The Balaban J connectivity index is 1.61. The van der Waals surface area contributed by atoms with Crippen molar-refractivity contribution in [3.05, 3.63) is 63.7 Å². The average molecular weight is 401 g/mol. The number of non-ortho nitro benzene ring substituents is 1. The normalized spacial score (nSPS) is 15.2. The van der Waals surface area contributed by atoms with E-state index in [9.17, 15) is 14.9 Å². The van der Waals surface area contributed by atoms with Gasteiger partial charge in [-0.2, -0.15) is 0 Å². The Hall–Kier alpha value is -3.20. The van der Waals surface area contributed by atoms with Crippen molar-refractivity contribution in [2.24, 2.45) is 0 Å². The van der Waals surface area contributed by atoms with Crippen LogP contribution in [0.4, 0.5) is 5.69 Å². The summed E-state index contributed by atoms with van der Waals surface area (Å²) in [7, 11) is 0. The van der Waals surface area contributed by atoms with Gasteiger partial charge >= 0.3 is 0 Å². The minimum absolute atomic E-state index is 0.00103. The molecule has 1 N–H and O–H groups in total. The fourth-order valence-corrected chi connectivity index (χ4v) is 2.89. The number of rotatable bonds is 8. The average Bonchev–Trinajstić information content (AvgIpc) is 3.23. The van der Waals surface area contributed by atoms with Gasteiger partial charge in [0.25, 0.3) is 11.6 Å². The number of furan rings is 1. The van der Waals surface area contributed by atoms with Gasteiger partial charge in [0.05, 0.1) is 4.92 Å². The first-order valence-corrected chi connectivity index (χ1v) is 9.19. The first-order valence-electron chi connectivity index (χ1n) is 8.78. The van der Waals surface area contributed by atoms with E-state index in [0.29, 0.717) is 34.6 Å². The second kappa shape index (κ2) is 8.66. The Kier molecular flexibility index (Phi) is 6.05. The van der Waals surface area contributed by atoms with Gasteiger partial charge in [-0.05, 0) is 42.9 Å². The molecule has 2 heterocycles. The number of unbranched alkanes of at least 4 members (excludes halogenated alkanes) is 1. The molecular formula is C19H19N3O5S. The van der Waals surface area contributed by atoms with Crippen LogP contribution >= 0.6 is 12.2 Å². The maximum absolute atomic E-state index is 12.4. The summed E-state index contributed by atoms with van der Waals surface area (Å²) < 4.78 is 11.2. The van der Waals surface area contributed by atoms with E-state index in [-0.39, 0.29) is 18.2 Å². The van der Waals surface area contributed by atoms with Gasteiger partial charge in [-0.25, -0.2) is 0 Å². The molecule has 146 valence electrons. The molecule has 28 heavy (non-hydrogen) atoms. The van der Waals surface area contributed by atoms with E-state index in [1.165, 1.54) is 24.3 Å². The minimum Gasteiger partial charge on any atom is -0.486 e. The SMILES string of the molecule is CCCCN1C(=O)/C(=C\c2ccc(COc3ccc([N+](=O)[O-])cc3)o2)NC1=S. The molecule has 0 spiro atoms. The fraction of sp³-hybridized carbons (Fsp3) is 0.263. The van der Waals surface area contributed by atoms with Gasteiger partial charge in [-0.15, -0.1) is 0 Å². The lowest BCUT2D eigenvalue weighted by Gasteiger charge is -2.12. The number of nitro benzene ring substituents is 1. The number of nitrogens with one attached hydrogen (secondary N) is 1. The third kappa shape index (κ3) is 4.55. The van der Waals surface area contributed by atoms with Crippen LogP contribution in [0, 0.1) is 10.1 Å². The number of hydrogen-bond donors (Lipinski definition) is 1. The van der Waals surface area contributed by atoms with E-state index in [1.807, 2.05) is 0 Å². The van der Waals surface area contributed by atoms with E-state index in [1.54, 1.807) is 23.1 Å². The Morgan fingerprint density at radius 2 is 2.04 bits per heavy atom. The quantitative estimate of drug-likeness (QED) is 0.312. The van der Waals surface area contributed by atoms with Crippen LogP contribution in [0.5, 0.6) is 5.75 Å². The molecule has 1 aliphatic heterocycles. The van der Waals surface area contributed by atoms with Crippen LogP contribution in [0.25, 0.3) is 6.08 Å². The third-order valence-electron chi connectivity index (χ3n) is 4.10. The van der Waals surface area contributed by atoms with E-state index in [4.69, 9.17) is 21.4 Å². The molecule has 1 aromatic heterocycles. The summed E-state index contributed by atoms with van der Waals surface area (Å²) in [5.41, 5.74) is 0.372. The number of nitrogens with zero attached hydrogens (tertiary/aromatic N) is 2. The number of ether oxygens (including phenoxy) is 1. The van der Waals surface area contributed by atoms with Gasteiger partial charge in [0.15, 0.2) is 5.11 Å². The minimum atomic E-state index is -0.469. The van der Waals surface area contributed by atoms with Gasteiger partial charge in [-0.1, -0.05) is 13.3 Å². The molecule has 0 bridgehead atoms. The summed E-state index contributed by atoms with van der Waals surface area (Å²) in [4.78, 5) is 24.1. The molecule has 1 aliphatic rings. The maximum atomic E-state index is 12.4. The second-order valence-corrected chi connectivity index (χ2v) is 6.53. The smallest absolute Gasteiger partial charge is 0.276 e. The van der Waals surface area contributed by atoms with Gasteiger partial charge in [0, 0.05) is 24.8 Å². The fourth-order valence-electron chi connectivity index (χ4n) is 2.60. The molecule has 9 heteroatoms. The third-order valence-corrected chi connectivity index (χ3v) is 4.42. The van der Waals surface area contributed by atoms with Gasteiger partial charge in [-0.3, -0.25) is 19.8 Å². The Bertz CT molecular complexity index is 920. The summed E-state index contributed by atoms with van der Waals surface area (Å²) in [6.07, 6.45) is 3.46. The molecule has 8 nitrogen and oxygen atoms in total. The van der Waals surface area contributed by atoms with E-state index >= 15 is 0 Å². The van der Waals surface area contributed by atoms with Crippen LogP contribution < -0.4 is 10.1 Å². The lowest BCUT2D eigenvalue weighted by molar-refractivity contribution is -0.384. The largest absolute Gasteiger partial charge is 0.486 e. The highest BCUT2D eigenvalue weighted by atomic mass is 32.1. The van der Waals surface area contributed by atoms with Crippen molar-refractivity contribution in [2.45, 2.75) is 26.4 Å². The van der Waals surface area contributed by atoms with Gasteiger partial charge < -0.3 is 14.5 Å². The molecule has 1 aromatic carbocycles. The highest BCUT2D eigenvalue weighted by Gasteiger charge is 2.30. The van der Waals surface area contributed by atoms with E-state index < -0.39 is 4.92 Å². The van der Waals surface area contributed by atoms with E-state index in [2.05, 4.69) is 12.2 Å². The van der Waals surface area contributed by atoms with Crippen molar-refractivity contribution in [3.63, 3.8) is 0 Å². The Morgan fingerprint density at radius 3 is 2.71 bits per heavy atom. The number of nitro groups is 1. The number of benzene rings is 1. The van der Waals surface area contributed by atoms with Crippen molar-refractivity contribution in [1.82, 2.24) is 10.2 Å². The molecule has 1 amide bonds. The number of thiocarbonyl (C=S) groups is 1. The lowest BCUT2D eigenvalue weighted by Crippen LogP contribution is -2.31. The summed E-state index contributed by atoms with van der Waals surface area (Å²) in [6, 6.07) is 9.27. The highest BCUT2D eigenvalue weighted by Crippen LogP contribution is 2.20. The van der Waals surface area contributed by atoms with Crippen LogP contribution in [0.2, 0.25) is 0 Å². The van der Waals surface area contributed by atoms with Gasteiger partial charge in [0.1, 0.15) is 29.6 Å². The molecule has 0 radical (unpaired) electrons. The summed E-state index contributed by atoms with van der Waals surface area (Å²) in [5.74, 6) is 1.38. The van der Waals surface area contributed by atoms with Crippen molar-refractivity contribution in [1.29, 1.82) is 0 Å². The molecule has 1 fully saturated rings. The molecule has 0 atom stereocenters. The number of carbonyl (C=O) groups is 1. The Morgan fingerprint density at radius 1 is 1.29 bits per heavy atom. The molecule has 0 aliphatic carbocycles. The predicted molar refractivity (Wildman–Crippen MR) is 106 cm³/mol. The van der Waals surface area contributed by atoms with Gasteiger partial charge in [0.2, 0.25) is 0 Å². The summed E-state index contributed by atoms with van der Waals surface area (Å²) in [5, 5.41) is 14.0. The first kappa shape index (κ1) is 19.6. The van der Waals surface area contributed by atoms with Crippen LogP contribution in [0.15, 0.2) is 46.5 Å². The van der Waals surface area contributed by atoms with E-state index in [0.717, 1.165) is 12.8 Å². The first-order chi connectivity index (χ1) is 13.5. The second-order valence-electron chi connectivity index (χ2n) is 6.14. The Labute approximate surface area is 166 Å². The summed E-state index contributed by atoms with van der Waals surface area (Å²) in [6.45, 7) is 2.80. The van der Waals surface area contributed by atoms with Crippen LogP contribution in [0.1, 0.15) is 31.3 Å². The van der Waals surface area contributed by atoms with Crippen molar-refractivity contribution in [3.8, 4) is 5.75 Å². The predicted octanol–water partition coefficient (Wildman–Crippen LogP) is 3.62. The number of hydrogen-bond acceptors (Lipinski definition) is 6. The lowest BCUT2D eigenvalue weighted by atomic mass is 10.3. The zero-order valence-corrected chi connectivity index (χ0v) is 16.0. The standard InChI is InChI=1S/C19H19N3O5S/c1-2-3-10-21-18(23)17(20-19(21)28)11-15-8-9-16(27-15)12-26-14-6-4-13(5-7-14)22(24)25/h4-9,11H,2-3,10,12H2,1H3,(H,20,28)/b17-11+. The molecule has 3 rings (SSSR count). The molecule has 0 unspecified atom stereocenters.